The molecule has 2 N–H and O–H groups in total. The summed E-state index contributed by atoms with van der Waals surface area (Å²) in [4.78, 5) is 38.2. The Morgan fingerprint density at radius 1 is 1.18 bits per heavy atom. The molecule has 1 atom stereocenters. The van der Waals surface area contributed by atoms with Crippen molar-refractivity contribution in [1.29, 1.82) is 0 Å². The number of ether oxygens (including phenoxy) is 1. The van der Waals surface area contributed by atoms with Gasteiger partial charge in [-0.3, -0.25) is 24.7 Å². The van der Waals surface area contributed by atoms with E-state index in [0.717, 1.165) is 23.0 Å². The van der Waals surface area contributed by atoms with Gasteiger partial charge in [-0.15, -0.1) is 0 Å². The predicted octanol–water partition coefficient (Wildman–Crippen LogP) is 2.61. The molecule has 0 spiro atoms. The average Bonchev–Trinajstić information content (AvgIpc) is 2.89. The van der Waals surface area contributed by atoms with Gasteiger partial charge in [0.05, 0.1) is 13.0 Å². The summed E-state index contributed by atoms with van der Waals surface area (Å²) in [5, 5.41) is 10.8. The summed E-state index contributed by atoms with van der Waals surface area (Å²) < 4.78 is 4.94. The second-order valence-electron chi connectivity index (χ2n) is 6.72. The van der Waals surface area contributed by atoms with Gasteiger partial charge in [-0.25, -0.2) is 0 Å². The number of benzene rings is 1. The number of carbonyl (C=O) groups excluding carboxylic acids is 2. The second-order valence-corrected chi connectivity index (χ2v) is 8.20. The molecule has 1 aliphatic heterocycles. The fraction of sp³-hybridized carbons (Fsp3) is 0.300. The number of nitrogens with zero attached hydrogens (tertiary/aromatic N) is 1. The Morgan fingerprint density at radius 3 is 2.46 bits per heavy atom. The van der Waals surface area contributed by atoms with Crippen molar-refractivity contribution in [3.05, 3.63) is 59.4 Å². The van der Waals surface area contributed by atoms with Gasteiger partial charge in [-0.1, -0.05) is 18.2 Å². The molecule has 0 radical (unpaired) electrons. The molecule has 28 heavy (non-hydrogen) atoms. The monoisotopic (exact) mass is 400 g/mol. The van der Waals surface area contributed by atoms with E-state index in [1.54, 1.807) is 25.3 Å². The van der Waals surface area contributed by atoms with Crippen molar-refractivity contribution < 1.29 is 24.2 Å². The minimum absolute atomic E-state index is 0.0382. The third-order valence-corrected chi connectivity index (χ3v) is 5.41. The Labute approximate surface area is 166 Å². The Kier molecular flexibility index (Phi) is 5.99. The summed E-state index contributed by atoms with van der Waals surface area (Å²) in [5.74, 6) is -0.435. The first kappa shape index (κ1) is 19.9. The fourth-order valence-corrected chi connectivity index (χ4v) is 3.80. The minimum Gasteiger partial charge on any atom is -0.493 e. The molecule has 2 aromatic rings. The molecule has 8 heteroatoms. The van der Waals surface area contributed by atoms with Gasteiger partial charge in [0.1, 0.15) is 10.5 Å². The Hall–Kier alpha value is -2.87. The second kappa shape index (κ2) is 8.43. The molecule has 0 unspecified atom stereocenters. The number of pyridine rings is 1. The van der Waals surface area contributed by atoms with Crippen molar-refractivity contribution in [1.82, 2.24) is 10.3 Å². The SMILES string of the molecule is C[C@@]1(Cc2ccc(OCCc3ccc(CC(=O)O)cn3)cc2)SC(=O)NC1=O. The summed E-state index contributed by atoms with van der Waals surface area (Å²) in [6.07, 6.45) is 2.60. The molecule has 1 aliphatic rings. The van der Waals surface area contributed by atoms with E-state index in [9.17, 15) is 14.4 Å². The highest BCUT2D eigenvalue weighted by Gasteiger charge is 2.43. The number of carbonyl (C=O) groups is 3. The Morgan fingerprint density at radius 2 is 1.89 bits per heavy atom. The number of aromatic nitrogens is 1. The topological polar surface area (TPSA) is 106 Å². The van der Waals surface area contributed by atoms with Gasteiger partial charge in [0.2, 0.25) is 5.91 Å². The lowest BCUT2D eigenvalue weighted by Gasteiger charge is -2.18. The highest BCUT2D eigenvalue weighted by atomic mass is 32.2. The highest BCUT2D eigenvalue weighted by Crippen LogP contribution is 2.34. The third-order valence-electron chi connectivity index (χ3n) is 4.35. The molecule has 0 saturated carbocycles. The van der Waals surface area contributed by atoms with Crippen LogP contribution in [-0.4, -0.2) is 38.6 Å². The van der Waals surface area contributed by atoms with Crippen molar-refractivity contribution in [2.45, 2.75) is 30.9 Å². The number of rotatable bonds is 8. The Bertz CT molecular complexity index is 882. The molecule has 0 aliphatic carbocycles. The molecule has 146 valence electrons. The summed E-state index contributed by atoms with van der Waals surface area (Å²) >= 11 is 1.02. The van der Waals surface area contributed by atoms with E-state index in [1.165, 1.54) is 0 Å². The van der Waals surface area contributed by atoms with Crippen LogP contribution in [0, 0.1) is 0 Å². The number of hydrogen-bond donors (Lipinski definition) is 2. The van der Waals surface area contributed by atoms with Crippen LogP contribution >= 0.6 is 11.8 Å². The molecule has 7 nitrogen and oxygen atoms in total. The number of amides is 2. The van der Waals surface area contributed by atoms with E-state index in [-0.39, 0.29) is 17.6 Å². The van der Waals surface area contributed by atoms with E-state index >= 15 is 0 Å². The molecule has 1 aromatic carbocycles. The molecule has 1 saturated heterocycles. The number of hydrogen-bond acceptors (Lipinski definition) is 6. The number of thioether (sulfide) groups is 1. The number of aliphatic carboxylic acids is 1. The highest BCUT2D eigenvalue weighted by molar-refractivity contribution is 8.16. The van der Waals surface area contributed by atoms with Gasteiger partial charge in [0.15, 0.2) is 0 Å². The van der Waals surface area contributed by atoms with Crippen LogP contribution in [0.5, 0.6) is 5.75 Å². The number of carboxylic acids is 1. The van der Waals surface area contributed by atoms with Crippen molar-refractivity contribution in [3.8, 4) is 5.75 Å². The lowest BCUT2D eigenvalue weighted by atomic mass is 9.99. The lowest BCUT2D eigenvalue weighted by molar-refractivity contribution is -0.136. The Balaban J connectivity index is 1.49. The zero-order chi connectivity index (χ0) is 20.1. The predicted molar refractivity (Wildman–Crippen MR) is 104 cm³/mol. The lowest BCUT2D eigenvalue weighted by Crippen LogP contribution is -2.35. The standard InChI is InChI=1S/C20H20N2O5S/c1-20(18(25)22-19(26)28-20)11-13-3-6-16(7-4-13)27-9-8-15-5-2-14(12-21-15)10-17(23)24/h2-7,12H,8-11H2,1H3,(H,23,24)(H,22,25,26)/t20-/m0/s1. The summed E-state index contributed by atoms with van der Waals surface area (Å²) in [6, 6.07) is 11.0. The number of nitrogens with one attached hydrogen (secondary N) is 1. The molecule has 3 rings (SSSR count). The fourth-order valence-electron chi connectivity index (χ4n) is 2.87. The van der Waals surface area contributed by atoms with Gasteiger partial charge in [0.25, 0.3) is 5.24 Å². The van der Waals surface area contributed by atoms with E-state index in [1.807, 2.05) is 24.3 Å². The van der Waals surface area contributed by atoms with Crippen LogP contribution in [-0.2, 0) is 28.9 Å². The van der Waals surface area contributed by atoms with Crippen LogP contribution in [0.1, 0.15) is 23.7 Å². The smallest absolute Gasteiger partial charge is 0.307 e. The number of carboxylic acid groups (broad SMARTS) is 1. The van der Waals surface area contributed by atoms with Crippen LogP contribution in [0.25, 0.3) is 0 Å². The van der Waals surface area contributed by atoms with E-state index in [0.29, 0.717) is 30.8 Å². The van der Waals surface area contributed by atoms with Crippen molar-refractivity contribution >= 4 is 28.9 Å². The van der Waals surface area contributed by atoms with Gasteiger partial charge in [-0.2, -0.15) is 0 Å². The van der Waals surface area contributed by atoms with E-state index < -0.39 is 10.7 Å². The van der Waals surface area contributed by atoms with Crippen LogP contribution < -0.4 is 10.1 Å². The first-order valence-electron chi connectivity index (χ1n) is 8.76. The minimum atomic E-state index is -0.880. The van der Waals surface area contributed by atoms with Gasteiger partial charge in [-0.05, 0) is 54.4 Å². The van der Waals surface area contributed by atoms with Crippen molar-refractivity contribution in [3.63, 3.8) is 0 Å². The van der Waals surface area contributed by atoms with Gasteiger partial charge >= 0.3 is 5.97 Å². The zero-order valence-electron chi connectivity index (χ0n) is 15.3. The summed E-state index contributed by atoms with van der Waals surface area (Å²) in [7, 11) is 0. The van der Waals surface area contributed by atoms with E-state index in [4.69, 9.17) is 9.84 Å². The molecule has 2 amide bonds. The molecule has 0 bridgehead atoms. The van der Waals surface area contributed by atoms with Gasteiger partial charge in [0, 0.05) is 18.3 Å². The van der Waals surface area contributed by atoms with Crippen LogP contribution in [0.4, 0.5) is 4.79 Å². The van der Waals surface area contributed by atoms with Gasteiger partial charge < -0.3 is 9.84 Å². The molecule has 1 aromatic heterocycles. The van der Waals surface area contributed by atoms with E-state index in [2.05, 4.69) is 10.3 Å². The largest absolute Gasteiger partial charge is 0.493 e. The van der Waals surface area contributed by atoms with Crippen LogP contribution in [0.3, 0.4) is 0 Å². The molecular formula is C20H20N2O5S. The molecule has 1 fully saturated rings. The molecule has 2 heterocycles. The normalized spacial score (nSPS) is 18.8. The maximum atomic E-state index is 11.9. The average molecular weight is 400 g/mol. The summed E-state index contributed by atoms with van der Waals surface area (Å²) in [5.41, 5.74) is 2.44. The maximum Gasteiger partial charge on any atom is 0.307 e. The summed E-state index contributed by atoms with van der Waals surface area (Å²) in [6.45, 7) is 2.20. The van der Waals surface area contributed by atoms with Crippen LogP contribution in [0.15, 0.2) is 42.6 Å². The first-order valence-corrected chi connectivity index (χ1v) is 9.57. The third kappa shape index (κ3) is 5.10. The quantitative estimate of drug-likeness (QED) is 0.702. The van der Waals surface area contributed by atoms with Crippen molar-refractivity contribution in [2.75, 3.05) is 6.61 Å². The number of imide groups is 1. The zero-order valence-corrected chi connectivity index (χ0v) is 16.1. The van der Waals surface area contributed by atoms with Crippen LogP contribution in [0.2, 0.25) is 0 Å². The maximum absolute atomic E-state index is 11.9. The first-order chi connectivity index (χ1) is 13.3. The molecular weight excluding hydrogens is 380 g/mol. The van der Waals surface area contributed by atoms with Crippen molar-refractivity contribution in [2.24, 2.45) is 0 Å².